The summed E-state index contributed by atoms with van der Waals surface area (Å²) in [5.74, 6) is 1.19. The lowest BCUT2D eigenvalue weighted by atomic mass is 10.0. The molecule has 350 valence electrons. The van der Waals surface area contributed by atoms with Gasteiger partial charge in [-0.05, 0) is 69.9 Å². The number of carbonyl (C=O) groups excluding carboxylic acids is 2. The van der Waals surface area contributed by atoms with Gasteiger partial charge in [0.05, 0.1) is 40.0 Å². The Morgan fingerprint density at radius 3 is 1.80 bits per heavy atom. The zero-order valence-corrected chi connectivity index (χ0v) is 39.7. The van der Waals surface area contributed by atoms with Crippen LogP contribution < -0.4 is 0 Å². The second-order valence-corrected chi connectivity index (χ2v) is 18.5. The van der Waals surface area contributed by atoms with Crippen LogP contribution in [0.25, 0.3) is 0 Å². The van der Waals surface area contributed by atoms with E-state index in [1.165, 1.54) is 24.0 Å². The van der Waals surface area contributed by atoms with E-state index in [9.17, 15) is 29.3 Å². The van der Waals surface area contributed by atoms with Gasteiger partial charge in [0.25, 0.3) is 0 Å². The lowest BCUT2D eigenvalue weighted by molar-refractivity contribution is -0.870. The van der Waals surface area contributed by atoms with Gasteiger partial charge in [0.15, 0.2) is 6.10 Å². The maximum Gasteiger partial charge on any atom is 0.472 e. The maximum atomic E-state index is 12.7. The van der Waals surface area contributed by atoms with Crippen LogP contribution in [0, 0.1) is 13.8 Å². The molecular formula is C48H83NO11P+. The molecule has 0 amide bonds. The van der Waals surface area contributed by atoms with Crippen molar-refractivity contribution in [2.75, 3.05) is 47.5 Å². The summed E-state index contributed by atoms with van der Waals surface area (Å²) < 4.78 is 40.4. The van der Waals surface area contributed by atoms with Gasteiger partial charge in [-0.25, -0.2) is 4.57 Å². The monoisotopic (exact) mass is 881 g/mol. The molecule has 0 aliphatic rings. The summed E-state index contributed by atoms with van der Waals surface area (Å²) in [4.78, 5) is 35.6. The SMILES string of the molecule is CCCCCc1oc(CCCCCCCCC(=O)OC[C@H](COP(=O)(O)OCC[N+](C)(C)C)OC(=O)CCC[C@H](O)/C=C/C=C\C/C=C\C=C\[C@H](O)CCCCC)c(C)c1C. The van der Waals surface area contributed by atoms with Gasteiger partial charge in [-0.15, -0.1) is 0 Å². The number of allylic oxidation sites excluding steroid dienone is 6. The van der Waals surface area contributed by atoms with Crippen LogP contribution in [0.15, 0.2) is 53.0 Å². The largest absolute Gasteiger partial charge is 0.472 e. The minimum Gasteiger partial charge on any atom is -0.466 e. The van der Waals surface area contributed by atoms with E-state index in [0.717, 1.165) is 88.6 Å². The van der Waals surface area contributed by atoms with Crippen molar-refractivity contribution in [1.29, 1.82) is 0 Å². The highest BCUT2D eigenvalue weighted by Gasteiger charge is 2.27. The standard InChI is InChI=1S/C48H82NO11P/c1-8-10-21-28-42(50)29-23-17-13-12-14-18-24-30-43(51)31-27-35-48(53)59-44(39-58-61(54,55)57-37-36-49(5,6)7)38-56-47(52)34-26-20-16-15-19-25-33-46-41(4)40(3)45(60-46)32-22-11-9-2/h13-14,17-18,23-24,29-30,42-44,50-51H,8-12,15-16,19-22,25-28,31-39H2,1-7H3/p+1/b17-13-,18-14-,29-23+,30-24+/t42-,43-,44-/m1/s1. The summed E-state index contributed by atoms with van der Waals surface area (Å²) in [6.07, 6.45) is 29.3. The summed E-state index contributed by atoms with van der Waals surface area (Å²) in [6, 6.07) is 0. The van der Waals surface area contributed by atoms with Crippen LogP contribution in [0.3, 0.4) is 0 Å². The molecule has 1 aromatic heterocycles. The minimum absolute atomic E-state index is 0.0194. The number of unbranched alkanes of at least 4 members (excludes halogenated alkanes) is 9. The average molecular weight is 881 g/mol. The van der Waals surface area contributed by atoms with Gasteiger partial charge in [0.1, 0.15) is 31.3 Å². The van der Waals surface area contributed by atoms with Crippen LogP contribution in [-0.4, -0.2) is 97.3 Å². The zero-order valence-electron chi connectivity index (χ0n) is 38.8. The molecule has 1 rings (SSSR count). The second-order valence-electron chi connectivity index (χ2n) is 17.1. The quantitative estimate of drug-likeness (QED) is 0.0192. The molecular weight excluding hydrogens is 797 g/mol. The summed E-state index contributed by atoms with van der Waals surface area (Å²) in [6.45, 7) is 8.27. The predicted molar refractivity (Wildman–Crippen MR) is 244 cm³/mol. The van der Waals surface area contributed by atoms with Crippen LogP contribution in [-0.2, 0) is 45.5 Å². The number of hydrogen-bond acceptors (Lipinski definition) is 10. The number of ether oxygens (including phenoxy) is 2. The molecule has 1 heterocycles. The molecule has 0 fully saturated rings. The van der Waals surface area contributed by atoms with E-state index in [2.05, 4.69) is 27.7 Å². The summed E-state index contributed by atoms with van der Waals surface area (Å²) in [7, 11) is 1.30. The third kappa shape index (κ3) is 30.8. The lowest BCUT2D eigenvalue weighted by Crippen LogP contribution is -2.37. The Balaban J connectivity index is 2.48. The normalized spacial score (nSPS) is 15.0. The number of hydrogen-bond donors (Lipinski definition) is 3. The average Bonchev–Trinajstić information content (AvgIpc) is 3.46. The van der Waals surface area contributed by atoms with E-state index in [4.69, 9.17) is 22.9 Å². The number of nitrogens with zero attached hydrogens (tertiary/aromatic N) is 1. The van der Waals surface area contributed by atoms with E-state index < -0.39 is 44.7 Å². The van der Waals surface area contributed by atoms with Gasteiger partial charge in [-0.2, -0.15) is 0 Å². The number of quaternary nitrogens is 1. The third-order valence-corrected chi connectivity index (χ3v) is 11.3. The van der Waals surface area contributed by atoms with Crippen molar-refractivity contribution in [3.63, 3.8) is 0 Å². The molecule has 1 aromatic rings. The zero-order chi connectivity index (χ0) is 45.4. The van der Waals surface area contributed by atoms with Crippen LogP contribution in [0.2, 0.25) is 0 Å². The van der Waals surface area contributed by atoms with Gasteiger partial charge in [0.2, 0.25) is 0 Å². The third-order valence-electron chi connectivity index (χ3n) is 10.3. The van der Waals surface area contributed by atoms with E-state index >= 15 is 0 Å². The Hall–Kier alpha value is -2.83. The Labute approximate surface area is 368 Å². The molecule has 0 saturated carbocycles. The van der Waals surface area contributed by atoms with Crippen molar-refractivity contribution in [3.8, 4) is 0 Å². The van der Waals surface area contributed by atoms with Crippen LogP contribution in [0.5, 0.6) is 0 Å². The Morgan fingerprint density at radius 1 is 0.689 bits per heavy atom. The number of phosphoric acid groups is 1. The number of rotatable bonds is 37. The van der Waals surface area contributed by atoms with Crippen molar-refractivity contribution in [2.24, 2.45) is 0 Å². The lowest BCUT2D eigenvalue weighted by Gasteiger charge is -2.24. The van der Waals surface area contributed by atoms with Gasteiger partial charge >= 0.3 is 19.8 Å². The number of phosphoric ester groups is 1. The molecule has 0 saturated heterocycles. The minimum atomic E-state index is -4.46. The fraction of sp³-hybridized carbons (Fsp3) is 0.708. The Morgan fingerprint density at radius 2 is 1.21 bits per heavy atom. The van der Waals surface area contributed by atoms with Gasteiger partial charge in [-0.1, -0.05) is 120 Å². The van der Waals surface area contributed by atoms with E-state index in [1.807, 2.05) is 51.5 Å². The van der Waals surface area contributed by atoms with Crippen LogP contribution in [0.1, 0.15) is 152 Å². The smallest absolute Gasteiger partial charge is 0.466 e. The second kappa shape index (κ2) is 33.7. The number of likely N-dealkylation sites (N-methyl/N-ethyl adjacent to an activating group) is 1. The fourth-order valence-corrected chi connectivity index (χ4v) is 7.03. The van der Waals surface area contributed by atoms with Gasteiger partial charge in [-0.3, -0.25) is 18.6 Å². The highest BCUT2D eigenvalue weighted by atomic mass is 31.2. The number of aliphatic hydroxyl groups excluding tert-OH is 2. The molecule has 0 aliphatic carbocycles. The molecule has 0 aromatic carbocycles. The highest BCUT2D eigenvalue weighted by molar-refractivity contribution is 7.47. The molecule has 0 radical (unpaired) electrons. The van der Waals surface area contributed by atoms with Crippen LogP contribution in [0.4, 0.5) is 0 Å². The van der Waals surface area contributed by atoms with Gasteiger partial charge < -0.3 is 33.5 Å². The highest BCUT2D eigenvalue weighted by Crippen LogP contribution is 2.43. The summed E-state index contributed by atoms with van der Waals surface area (Å²) in [5, 5.41) is 20.3. The van der Waals surface area contributed by atoms with Crippen molar-refractivity contribution < 1.29 is 56.7 Å². The summed E-state index contributed by atoms with van der Waals surface area (Å²) >= 11 is 0. The van der Waals surface area contributed by atoms with Gasteiger partial charge in [0, 0.05) is 25.7 Å². The van der Waals surface area contributed by atoms with Crippen molar-refractivity contribution in [2.45, 2.75) is 174 Å². The molecule has 0 spiro atoms. The number of aliphatic hydroxyl groups is 2. The van der Waals surface area contributed by atoms with Crippen LogP contribution >= 0.6 is 7.82 Å². The molecule has 3 N–H and O–H groups in total. The first-order chi connectivity index (χ1) is 29.1. The number of carbonyl (C=O) groups is 2. The van der Waals surface area contributed by atoms with Crippen molar-refractivity contribution in [1.82, 2.24) is 0 Å². The number of esters is 2. The van der Waals surface area contributed by atoms with Crippen molar-refractivity contribution in [3.05, 3.63) is 71.3 Å². The maximum absolute atomic E-state index is 12.7. The molecule has 4 atom stereocenters. The Bertz CT molecular complexity index is 1490. The topological polar surface area (TPSA) is 162 Å². The van der Waals surface area contributed by atoms with E-state index in [0.29, 0.717) is 36.7 Å². The molecule has 0 aliphatic heterocycles. The molecule has 13 heteroatoms. The molecule has 12 nitrogen and oxygen atoms in total. The molecule has 1 unspecified atom stereocenters. The summed E-state index contributed by atoms with van der Waals surface area (Å²) in [5.41, 5.74) is 2.58. The fourth-order valence-electron chi connectivity index (χ4n) is 6.29. The van der Waals surface area contributed by atoms with E-state index in [1.54, 1.807) is 18.2 Å². The predicted octanol–water partition coefficient (Wildman–Crippen LogP) is 10.3. The first-order valence-corrected chi connectivity index (χ1v) is 24.4. The van der Waals surface area contributed by atoms with Crippen molar-refractivity contribution >= 4 is 19.8 Å². The molecule has 0 bridgehead atoms. The molecule has 61 heavy (non-hydrogen) atoms. The number of furan rings is 1. The first kappa shape index (κ1) is 56.2. The first-order valence-electron chi connectivity index (χ1n) is 22.9. The van der Waals surface area contributed by atoms with E-state index in [-0.39, 0.29) is 26.1 Å². The Kier molecular flexibility index (Phi) is 31.0. The number of aryl methyl sites for hydroxylation is 2.